The fourth-order valence-corrected chi connectivity index (χ4v) is 2.93. The molecule has 3 rings (SSSR count). The molecule has 0 aromatic rings. The molecule has 0 aliphatic heterocycles. The fraction of sp³-hybridized carbons (Fsp3) is 0.667. The van der Waals surface area contributed by atoms with Crippen molar-refractivity contribution in [1.82, 2.24) is 0 Å². The van der Waals surface area contributed by atoms with E-state index < -0.39 is 34.3 Å². The van der Waals surface area contributed by atoms with Gasteiger partial charge in [0, 0.05) is 12.8 Å². The van der Waals surface area contributed by atoms with Crippen molar-refractivity contribution < 1.29 is 28.7 Å². The van der Waals surface area contributed by atoms with E-state index in [0.717, 1.165) is 0 Å². The zero-order valence-electron chi connectivity index (χ0n) is 10.3. The Morgan fingerprint density at radius 1 is 0.889 bits per heavy atom. The van der Waals surface area contributed by atoms with Crippen LogP contribution >= 0.6 is 0 Å². The molecule has 0 radical (unpaired) electrons. The summed E-state index contributed by atoms with van der Waals surface area (Å²) < 4.78 is 9.24. The van der Waals surface area contributed by atoms with Crippen LogP contribution in [-0.4, -0.2) is 37.7 Å². The lowest BCUT2D eigenvalue weighted by Gasteiger charge is -2.46. The standard InChI is InChI=1S/C12H14O6/c1-17-9(15)11-3-4-12(6-7(11)13,8(14)5-11)10(16)18-2/h3-6H2,1-2H3/t11-,12-/m0/s1. The maximum absolute atomic E-state index is 12.1. The van der Waals surface area contributed by atoms with Crippen LogP contribution < -0.4 is 0 Å². The van der Waals surface area contributed by atoms with Gasteiger partial charge in [0.1, 0.15) is 10.8 Å². The van der Waals surface area contributed by atoms with E-state index in [0.29, 0.717) is 0 Å². The van der Waals surface area contributed by atoms with E-state index in [-0.39, 0.29) is 25.7 Å². The molecule has 3 aliphatic carbocycles. The van der Waals surface area contributed by atoms with Gasteiger partial charge in [0.15, 0.2) is 11.6 Å². The number of hydrogen-bond acceptors (Lipinski definition) is 6. The molecule has 2 atom stereocenters. The Bertz CT molecular complexity index is 411. The molecule has 6 nitrogen and oxygen atoms in total. The van der Waals surface area contributed by atoms with E-state index in [2.05, 4.69) is 9.47 Å². The van der Waals surface area contributed by atoms with Crippen LogP contribution in [0.15, 0.2) is 0 Å². The van der Waals surface area contributed by atoms with Gasteiger partial charge in [-0.1, -0.05) is 0 Å². The summed E-state index contributed by atoms with van der Waals surface area (Å²) in [7, 11) is 2.37. The van der Waals surface area contributed by atoms with E-state index in [1.54, 1.807) is 0 Å². The minimum Gasteiger partial charge on any atom is -0.468 e. The Labute approximate surface area is 104 Å². The second-order valence-electron chi connectivity index (χ2n) is 4.85. The van der Waals surface area contributed by atoms with Crippen molar-refractivity contribution in [2.45, 2.75) is 25.7 Å². The number of esters is 2. The Balaban J connectivity index is 2.40. The first-order valence-electron chi connectivity index (χ1n) is 5.66. The van der Waals surface area contributed by atoms with E-state index in [1.807, 2.05) is 0 Å². The lowest BCUT2D eigenvalue weighted by Crippen LogP contribution is -2.60. The molecule has 0 N–H and O–H groups in total. The van der Waals surface area contributed by atoms with Crippen LogP contribution in [0.25, 0.3) is 0 Å². The van der Waals surface area contributed by atoms with Crippen molar-refractivity contribution in [2.24, 2.45) is 10.8 Å². The van der Waals surface area contributed by atoms with E-state index in [9.17, 15) is 19.2 Å². The van der Waals surface area contributed by atoms with Crippen molar-refractivity contribution in [3.05, 3.63) is 0 Å². The average Bonchev–Trinajstić information content (AvgIpc) is 2.38. The number of ketones is 2. The first-order chi connectivity index (χ1) is 8.43. The second-order valence-corrected chi connectivity index (χ2v) is 4.85. The quantitative estimate of drug-likeness (QED) is 0.510. The molecule has 0 aromatic heterocycles. The summed E-state index contributed by atoms with van der Waals surface area (Å²) >= 11 is 0. The third kappa shape index (κ3) is 1.34. The lowest BCUT2D eigenvalue weighted by atomic mass is 9.52. The average molecular weight is 254 g/mol. The monoisotopic (exact) mass is 254 g/mol. The summed E-state index contributed by atoms with van der Waals surface area (Å²) in [5, 5.41) is 0. The minimum atomic E-state index is -1.37. The number of fused-ring (bicyclic) bond motifs is 3. The summed E-state index contributed by atoms with van der Waals surface area (Å²) in [6.07, 6.45) is -0.181. The predicted octanol–water partition coefficient (Wildman–Crippen LogP) is 0.0310. The number of methoxy groups -OCH3 is 2. The van der Waals surface area contributed by atoms with Crippen molar-refractivity contribution >= 4 is 23.5 Å². The predicted molar refractivity (Wildman–Crippen MR) is 57.4 cm³/mol. The number of carbonyl (C=O) groups excluding carboxylic acids is 4. The van der Waals surface area contributed by atoms with Crippen LogP contribution in [0.1, 0.15) is 25.7 Å². The SMILES string of the molecule is COC(=O)[C@]12CC[C@](C(=O)OC)(CC1=O)C(=O)C2. The van der Waals surface area contributed by atoms with Crippen LogP contribution in [-0.2, 0) is 28.7 Å². The van der Waals surface area contributed by atoms with Gasteiger partial charge in [0.25, 0.3) is 0 Å². The van der Waals surface area contributed by atoms with Crippen molar-refractivity contribution in [3.63, 3.8) is 0 Å². The first kappa shape index (κ1) is 12.7. The van der Waals surface area contributed by atoms with Gasteiger partial charge in [-0.15, -0.1) is 0 Å². The van der Waals surface area contributed by atoms with Crippen LogP contribution in [0.3, 0.4) is 0 Å². The summed E-state index contributed by atoms with van der Waals surface area (Å²) in [6, 6.07) is 0. The third-order valence-corrected chi connectivity index (χ3v) is 4.12. The van der Waals surface area contributed by atoms with Gasteiger partial charge >= 0.3 is 11.9 Å². The van der Waals surface area contributed by atoms with Gasteiger partial charge in [-0.2, -0.15) is 0 Å². The van der Waals surface area contributed by atoms with Crippen molar-refractivity contribution in [3.8, 4) is 0 Å². The minimum absolute atomic E-state index is 0.166. The molecular weight excluding hydrogens is 240 g/mol. The highest BCUT2D eigenvalue weighted by atomic mass is 16.5. The molecule has 0 aromatic carbocycles. The van der Waals surface area contributed by atoms with Gasteiger partial charge < -0.3 is 9.47 Å². The van der Waals surface area contributed by atoms with Gasteiger partial charge in [-0.3, -0.25) is 19.2 Å². The van der Waals surface area contributed by atoms with E-state index in [1.165, 1.54) is 14.2 Å². The number of Topliss-reactive ketones (excluding diaryl/α,β-unsaturated/α-hetero) is 2. The lowest BCUT2D eigenvalue weighted by molar-refractivity contribution is -0.182. The molecule has 2 bridgehead atoms. The number of hydrogen-bond donors (Lipinski definition) is 0. The Morgan fingerprint density at radius 2 is 1.22 bits per heavy atom. The zero-order valence-corrected chi connectivity index (χ0v) is 10.3. The molecular formula is C12H14O6. The van der Waals surface area contributed by atoms with Crippen LogP contribution in [0.5, 0.6) is 0 Å². The molecule has 3 saturated carbocycles. The maximum Gasteiger partial charge on any atom is 0.319 e. The first-order valence-corrected chi connectivity index (χ1v) is 5.66. The zero-order chi connectivity index (χ0) is 13.6. The van der Waals surface area contributed by atoms with E-state index >= 15 is 0 Å². The van der Waals surface area contributed by atoms with Gasteiger partial charge in [-0.25, -0.2) is 0 Å². The Morgan fingerprint density at radius 3 is 1.44 bits per heavy atom. The van der Waals surface area contributed by atoms with Crippen molar-refractivity contribution in [2.75, 3.05) is 14.2 Å². The fourth-order valence-electron chi connectivity index (χ4n) is 2.93. The number of rotatable bonds is 2. The van der Waals surface area contributed by atoms with Gasteiger partial charge in [-0.05, 0) is 12.8 Å². The highest BCUT2D eigenvalue weighted by Gasteiger charge is 2.66. The molecule has 0 unspecified atom stereocenters. The summed E-state index contributed by atoms with van der Waals surface area (Å²) in [5.74, 6) is -2.16. The normalized spacial score (nSPS) is 34.3. The largest absolute Gasteiger partial charge is 0.468 e. The maximum atomic E-state index is 12.1. The molecule has 3 aliphatic rings. The Hall–Kier alpha value is -1.72. The van der Waals surface area contributed by atoms with Gasteiger partial charge in [0.2, 0.25) is 0 Å². The molecule has 0 amide bonds. The van der Waals surface area contributed by atoms with Crippen LogP contribution in [0.2, 0.25) is 0 Å². The summed E-state index contributed by atoms with van der Waals surface area (Å²) in [6.45, 7) is 0. The summed E-state index contributed by atoms with van der Waals surface area (Å²) in [5.41, 5.74) is -2.75. The van der Waals surface area contributed by atoms with E-state index in [4.69, 9.17) is 0 Å². The molecule has 6 heteroatoms. The van der Waals surface area contributed by atoms with Crippen molar-refractivity contribution in [1.29, 1.82) is 0 Å². The molecule has 0 heterocycles. The Kier molecular flexibility index (Phi) is 2.76. The van der Waals surface area contributed by atoms with Gasteiger partial charge in [0.05, 0.1) is 14.2 Å². The second kappa shape index (κ2) is 3.90. The molecule has 3 fully saturated rings. The highest BCUT2D eigenvalue weighted by molar-refractivity contribution is 6.19. The molecule has 18 heavy (non-hydrogen) atoms. The molecule has 0 saturated heterocycles. The topological polar surface area (TPSA) is 86.7 Å². The van der Waals surface area contributed by atoms with Crippen LogP contribution in [0, 0.1) is 10.8 Å². The highest BCUT2D eigenvalue weighted by Crippen LogP contribution is 2.53. The van der Waals surface area contributed by atoms with Crippen LogP contribution in [0.4, 0.5) is 0 Å². The number of ether oxygens (including phenoxy) is 2. The summed E-state index contributed by atoms with van der Waals surface area (Å²) in [4.78, 5) is 47.6. The third-order valence-electron chi connectivity index (χ3n) is 4.12. The molecule has 0 spiro atoms. The number of carbonyl (C=O) groups is 4. The molecule has 98 valence electrons. The smallest absolute Gasteiger partial charge is 0.319 e.